The number of ether oxygens (including phenoxy) is 1. The minimum Gasteiger partial charge on any atom is -0.399 e. The summed E-state index contributed by atoms with van der Waals surface area (Å²) in [6.07, 6.45) is 5.23. The zero-order valence-electron chi connectivity index (χ0n) is 11.1. The molecule has 0 saturated carbocycles. The van der Waals surface area contributed by atoms with Gasteiger partial charge >= 0.3 is 0 Å². The number of anilines is 2. The Hall–Kier alpha value is -1.22. The molecule has 1 aromatic rings. The van der Waals surface area contributed by atoms with E-state index in [2.05, 4.69) is 6.92 Å². The Morgan fingerprint density at radius 1 is 1.00 bits per heavy atom. The van der Waals surface area contributed by atoms with Gasteiger partial charge in [0.15, 0.2) is 0 Å². The van der Waals surface area contributed by atoms with Crippen LogP contribution in [0.3, 0.4) is 0 Å². The van der Waals surface area contributed by atoms with Crippen LogP contribution < -0.4 is 11.5 Å². The van der Waals surface area contributed by atoms with Crippen LogP contribution in [0, 0.1) is 0 Å². The molecule has 4 N–H and O–H groups in total. The Morgan fingerprint density at radius 3 is 2.06 bits per heavy atom. The normalized spacial score (nSPS) is 9.53. The number of hydrogen-bond donors (Lipinski definition) is 2. The summed E-state index contributed by atoms with van der Waals surface area (Å²) >= 11 is 0. The van der Waals surface area contributed by atoms with Gasteiger partial charge in [-0.1, -0.05) is 32.3 Å². The van der Waals surface area contributed by atoms with E-state index in [1.807, 2.05) is 13.0 Å². The lowest BCUT2D eigenvalue weighted by Crippen LogP contribution is -1.92. The summed E-state index contributed by atoms with van der Waals surface area (Å²) in [7, 11) is 0. The van der Waals surface area contributed by atoms with Crippen molar-refractivity contribution in [2.75, 3.05) is 24.7 Å². The second-order valence-corrected chi connectivity index (χ2v) is 3.93. The third-order valence-corrected chi connectivity index (χ3v) is 2.26. The van der Waals surface area contributed by atoms with Crippen LogP contribution in [0.1, 0.15) is 39.5 Å². The molecule has 17 heavy (non-hydrogen) atoms. The van der Waals surface area contributed by atoms with Crippen molar-refractivity contribution in [3.05, 3.63) is 24.3 Å². The molecule has 98 valence electrons. The maximum atomic E-state index is 5.38. The SMILES string of the molecule is CCCCCCOCC.Nc1cccc(N)c1. The third-order valence-electron chi connectivity index (χ3n) is 2.26. The number of benzene rings is 1. The van der Waals surface area contributed by atoms with E-state index in [1.165, 1.54) is 25.7 Å². The van der Waals surface area contributed by atoms with Gasteiger partial charge in [-0.3, -0.25) is 0 Å². The Labute approximate surface area is 105 Å². The van der Waals surface area contributed by atoms with Gasteiger partial charge in [0, 0.05) is 24.6 Å². The molecule has 0 heterocycles. The highest BCUT2D eigenvalue weighted by atomic mass is 16.5. The van der Waals surface area contributed by atoms with Gasteiger partial charge in [0.25, 0.3) is 0 Å². The van der Waals surface area contributed by atoms with E-state index in [0.717, 1.165) is 13.2 Å². The van der Waals surface area contributed by atoms with Crippen LogP contribution in [-0.2, 0) is 4.74 Å². The Kier molecular flexibility index (Phi) is 10.5. The lowest BCUT2D eigenvalue weighted by Gasteiger charge is -1.98. The lowest BCUT2D eigenvalue weighted by atomic mass is 10.2. The van der Waals surface area contributed by atoms with E-state index in [9.17, 15) is 0 Å². The average molecular weight is 238 g/mol. The maximum Gasteiger partial charge on any atom is 0.0465 e. The van der Waals surface area contributed by atoms with Crippen LogP contribution in [-0.4, -0.2) is 13.2 Å². The summed E-state index contributed by atoms with van der Waals surface area (Å²) in [5, 5.41) is 0. The summed E-state index contributed by atoms with van der Waals surface area (Å²) in [6.45, 7) is 6.09. The van der Waals surface area contributed by atoms with E-state index in [4.69, 9.17) is 16.2 Å². The van der Waals surface area contributed by atoms with E-state index in [0.29, 0.717) is 11.4 Å². The first-order chi connectivity index (χ1) is 8.20. The smallest absolute Gasteiger partial charge is 0.0465 e. The summed E-state index contributed by atoms with van der Waals surface area (Å²) in [5.74, 6) is 0. The molecule has 0 aliphatic rings. The standard InChI is InChI=1S/C8H18O.C6H8N2/c1-3-5-6-7-8-9-4-2;7-5-2-1-3-6(8)4-5/h3-8H2,1-2H3;1-4H,7-8H2. The molecular weight excluding hydrogens is 212 g/mol. The molecule has 0 aromatic heterocycles. The number of unbranched alkanes of at least 4 members (excludes halogenated alkanes) is 3. The van der Waals surface area contributed by atoms with Gasteiger partial charge in [0.2, 0.25) is 0 Å². The predicted molar refractivity (Wildman–Crippen MR) is 75.9 cm³/mol. The molecule has 1 rings (SSSR count). The fourth-order valence-electron chi connectivity index (χ4n) is 1.33. The third kappa shape index (κ3) is 11.1. The molecule has 0 aliphatic carbocycles. The average Bonchev–Trinajstić information content (AvgIpc) is 2.29. The van der Waals surface area contributed by atoms with Crippen molar-refractivity contribution in [3.63, 3.8) is 0 Å². The first-order valence-electron chi connectivity index (χ1n) is 6.39. The van der Waals surface area contributed by atoms with Gasteiger partial charge in [-0.05, 0) is 31.5 Å². The van der Waals surface area contributed by atoms with E-state index in [1.54, 1.807) is 18.2 Å². The maximum absolute atomic E-state index is 5.38. The van der Waals surface area contributed by atoms with Crippen molar-refractivity contribution < 1.29 is 4.74 Å². The first-order valence-corrected chi connectivity index (χ1v) is 6.39. The summed E-state index contributed by atoms with van der Waals surface area (Å²) in [5.41, 5.74) is 12.2. The van der Waals surface area contributed by atoms with Crippen LogP contribution in [0.2, 0.25) is 0 Å². The van der Waals surface area contributed by atoms with Crippen molar-refractivity contribution in [2.45, 2.75) is 39.5 Å². The van der Waals surface area contributed by atoms with Gasteiger partial charge in [-0.25, -0.2) is 0 Å². The molecule has 0 unspecified atom stereocenters. The van der Waals surface area contributed by atoms with Crippen LogP contribution in [0.4, 0.5) is 11.4 Å². The Bertz CT molecular complexity index is 253. The second kappa shape index (κ2) is 11.3. The molecule has 0 aliphatic heterocycles. The minimum absolute atomic E-state index is 0.713. The first kappa shape index (κ1) is 15.8. The molecule has 0 atom stereocenters. The highest BCUT2D eigenvalue weighted by Crippen LogP contribution is 2.06. The molecule has 0 bridgehead atoms. The monoisotopic (exact) mass is 238 g/mol. The number of nitrogen functional groups attached to an aromatic ring is 2. The topological polar surface area (TPSA) is 61.3 Å². The van der Waals surface area contributed by atoms with Gasteiger partial charge in [-0.2, -0.15) is 0 Å². The van der Waals surface area contributed by atoms with E-state index >= 15 is 0 Å². The highest BCUT2D eigenvalue weighted by molar-refractivity contribution is 5.50. The van der Waals surface area contributed by atoms with Crippen molar-refractivity contribution in [1.29, 1.82) is 0 Å². The largest absolute Gasteiger partial charge is 0.399 e. The lowest BCUT2D eigenvalue weighted by molar-refractivity contribution is 0.143. The van der Waals surface area contributed by atoms with Crippen LogP contribution in [0.15, 0.2) is 24.3 Å². The number of nitrogens with two attached hydrogens (primary N) is 2. The molecular formula is C14H26N2O. The van der Waals surface area contributed by atoms with Gasteiger partial charge < -0.3 is 16.2 Å². The van der Waals surface area contributed by atoms with Gasteiger partial charge in [0.1, 0.15) is 0 Å². The zero-order chi connectivity index (χ0) is 12.9. The van der Waals surface area contributed by atoms with Crippen LogP contribution in [0.25, 0.3) is 0 Å². The highest BCUT2D eigenvalue weighted by Gasteiger charge is 1.85. The summed E-state index contributed by atoms with van der Waals surface area (Å²) < 4.78 is 5.18. The fourth-order valence-corrected chi connectivity index (χ4v) is 1.33. The van der Waals surface area contributed by atoms with E-state index < -0.39 is 0 Å². The zero-order valence-corrected chi connectivity index (χ0v) is 11.1. The van der Waals surface area contributed by atoms with Crippen molar-refractivity contribution >= 4 is 11.4 Å². The van der Waals surface area contributed by atoms with Gasteiger partial charge in [-0.15, -0.1) is 0 Å². The molecule has 1 aromatic carbocycles. The molecule has 0 radical (unpaired) electrons. The van der Waals surface area contributed by atoms with Crippen molar-refractivity contribution in [3.8, 4) is 0 Å². The molecule has 3 nitrogen and oxygen atoms in total. The Morgan fingerprint density at radius 2 is 1.65 bits per heavy atom. The summed E-state index contributed by atoms with van der Waals surface area (Å²) in [6, 6.07) is 7.15. The predicted octanol–water partition coefficient (Wildman–Crippen LogP) is 3.45. The molecule has 0 amide bonds. The quantitative estimate of drug-likeness (QED) is 0.589. The number of rotatable bonds is 6. The summed E-state index contributed by atoms with van der Waals surface area (Å²) in [4.78, 5) is 0. The van der Waals surface area contributed by atoms with Crippen molar-refractivity contribution in [1.82, 2.24) is 0 Å². The molecule has 0 saturated heterocycles. The molecule has 0 spiro atoms. The second-order valence-electron chi connectivity index (χ2n) is 3.93. The fraction of sp³-hybridized carbons (Fsp3) is 0.571. The Balaban J connectivity index is 0.000000302. The minimum atomic E-state index is 0.713. The van der Waals surface area contributed by atoms with Crippen LogP contribution in [0.5, 0.6) is 0 Å². The molecule has 3 heteroatoms. The van der Waals surface area contributed by atoms with Crippen LogP contribution >= 0.6 is 0 Å². The number of hydrogen-bond acceptors (Lipinski definition) is 3. The molecule has 0 fully saturated rings. The van der Waals surface area contributed by atoms with Crippen molar-refractivity contribution in [2.24, 2.45) is 0 Å². The van der Waals surface area contributed by atoms with Gasteiger partial charge in [0.05, 0.1) is 0 Å². The van der Waals surface area contributed by atoms with E-state index in [-0.39, 0.29) is 0 Å².